The average molecular weight is 661 g/mol. The quantitative estimate of drug-likeness (QED) is 0.375. The Morgan fingerprint density at radius 3 is 1.09 bits per heavy atom. The Morgan fingerprint density at radius 1 is 0.545 bits per heavy atom. The third-order valence-electron chi connectivity index (χ3n) is 3.38. The van der Waals surface area contributed by atoms with Gasteiger partial charge < -0.3 is 9.47 Å². The van der Waals surface area contributed by atoms with Crippen molar-refractivity contribution in [1.29, 1.82) is 0 Å². The molecule has 2 aliphatic rings. The minimum atomic E-state index is 0. The molecule has 0 aromatic rings. The average Bonchev–Trinajstić information content (AvgIpc) is 2.39. The van der Waals surface area contributed by atoms with E-state index in [4.69, 9.17) is 9.47 Å². The van der Waals surface area contributed by atoms with Crippen molar-refractivity contribution in [1.82, 2.24) is 0 Å². The zero-order valence-electron chi connectivity index (χ0n) is 13.6. The summed E-state index contributed by atoms with van der Waals surface area (Å²) >= 11 is 0. The Hall–Kier alpha value is -0.141. The Morgan fingerprint density at radius 2 is 0.818 bits per heavy atom. The fourth-order valence-electron chi connectivity index (χ4n) is 2.23. The van der Waals surface area contributed by atoms with E-state index >= 15 is 0 Å². The molecule has 0 heterocycles. The van der Waals surface area contributed by atoms with Crippen LogP contribution in [0.25, 0.3) is 0 Å². The van der Waals surface area contributed by atoms with Gasteiger partial charge in [-0.1, -0.05) is 36.5 Å². The van der Waals surface area contributed by atoms with Crippen LogP contribution in [0.2, 0.25) is 0 Å². The number of methoxy groups -OCH3 is 2. The van der Waals surface area contributed by atoms with Crippen molar-refractivity contribution in [3.8, 4) is 0 Å². The van der Waals surface area contributed by atoms with Gasteiger partial charge in [0.25, 0.3) is 0 Å². The van der Waals surface area contributed by atoms with Crippen molar-refractivity contribution >= 4 is 0 Å². The van der Waals surface area contributed by atoms with Crippen LogP contribution in [0.5, 0.6) is 0 Å². The molecule has 4 heteroatoms. The van der Waals surface area contributed by atoms with Crippen LogP contribution in [0.15, 0.2) is 48.0 Å². The third-order valence-corrected chi connectivity index (χ3v) is 3.38. The van der Waals surface area contributed by atoms with Gasteiger partial charge in [0, 0.05) is 53.1 Å². The number of ether oxygens (including phenoxy) is 2. The molecule has 0 saturated carbocycles. The van der Waals surface area contributed by atoms with Crippen LogP contribution in [0, 0.1) is 0 Å². The van der Waals surface area contributed by atoms with Gasteiger partial charge in [-0.05, 0) is 38.5 Å². The number of hydrogen-bond acceptors (Lipinski definition) is 2. The molecule has 2 aliphatic carbocycles. The zero-order valence-corrected chi connectivity index (χ0v) is 18.4. The van der Waals surface area contributed by atoms with Crippen LogP contribution in [-0.4, -0.2) is 14.2 Å². The van der Waals surface area contributed by atoms with Gasteiger partial charge in [-0.25, -0.2) is 0 Å². The molecule has 0 fully saturated rings. The van der Waals surface area contributed by atoms with Gasteiger partial charge in [0.05, 0.1) is 14.2 Å². The summed E-state index contributed by atoms with van der Waals surface area (Å²) in [6, 6.07) is 0. The first-order valence-electron chi connectivity index (χ1n) is 7.63. The van der Waals surface area contributed by atoms with E-state index in [0.29, 0.717) is 0 Å². The molecule has 2 rings (SSSR count). The summed E-state index contributed by atoms with van der Waals surface area (Å²) < 4.78 is 10.5. The summed E-state index contributed by atoms with van der Waals surface area (Å²) in [5.74, 6) is 2.00. The fraction of sp³-hybridized carbons (Fsp3) is 0.556. The summed E-state index contributed by atoms with van der Waals surface area (Å²) in [6.07, 6.45) is 22.4. The maximum absolute atomic E-state index is 5.25. The number of rotatable bonds is 2. The van der Waals surface area contributed by atoms with Crippen LogP contribution in [0.3, 0.4) is 0 Å². The summed E-state index contributed by atoms with van der Waals surface area (Å²) in [5.41, 5.74) is 0. The Bertz CT molecular complexity index is 325. The van der Waals surface area contributed by atoms with E-state index in [0.717, 1.165) is 37.2 Å². The van der Waals surface area contributed by atoms with Gasteiger partial charge in [-0.2, -0.15) is 0 Å². The van der Waals surface area contributed by atoms with Crippen LogP contribution in [0.1, 0.15) is 51.4 Å². The van der Waals surface area contributed by atoms with Crippen molar-refractivity contribution in [2.75, 3.05) is 14.2 Å². The fourth-order valence-corrected chi connectivity index (χ4v) is 2.23. The maximum atomic E-state index is 5.25. The molecule has 0 aliphatic heterocycles. The Kier molecular flexibility index (Phi) is 18.9. The molecule has 2 radical (unpaired) electrons. The van der Waals surface area contributed by atoms with E-state index in [9.17, 15) is 0 Å². The van der Waals surface area contributed by atoms with E-state index in [1.54, 1.807) is 14.2 Å². The van der Waals surface area contributed by atoms with Crippen molar-refractivity contribution in [3.05, 3.63) is 48.0 Å². The first-order chi connectivity index (χ1) is 9.88. The van der Waals surface area contributed by atoms with Crippen LogP contribution < -0.4 is 0 Å². The van der Waals surface area contributed by atoms with Gasteiger partial charge >= 0.3 is 0 Å². The van der Waals surface area contributed by atoms with Gasteiger partial charge in [-0.15, -0.1) is 0 Å². The first kappa shape index (κ1) is 24.1. The molecular formula is C18H28Ir2O2. The molecule has 0 aromatic heterocycles. The standard InChI is InChI=1S/C10H16O2.C8H12.2Ir/c1-11-9-7-5-3-4-6-8-10(9)12-2;1-2-4-6-8-7-5-3-1;;/h3-4H,5-8H2,1-2H3;1-2,7-8H,3-6H2;;/b4-3-,10-9-;2-1-,8-7-;;. The molecule has 0 spiro atoms. The predicted molar refractivity (Wildman–Crippen MR) is 85.4 cm³/mol. The molecule has 130 valence electrons. The SMILES string of the molecule is C1=C\CC/C=C\CC/1.CO/C1=C(\OC)CC/C=C\CC1.[Ir].[Ir]. The topological polar surface area (TPSA) is 18.5 Å². The zero-order chi connectivity index (χ0) is 14.5. The van der Waals surface area contributed by atoms with Crippen molar-refractivity contribution in [3.63, 3.8) is 0 Å². The smallest absolute Gasteiger partial charge is 0.133 e. The molecule has 0 saturated heterocycles. The Balaban J connectivity index is 0. The first-order valence-corrected chi connectivity index (χ1v) is 7.63. The summed E-state index contributed by atoms with van der Waals surface area (Å²) in [5, 5.41) is 0. The van der Waals surface area contributed by atoms with Crippen LogP contribution >= 0.6 is 0 Å². The molecule has 0 unspecified atom stereocenters. The van der Waals surface area contributed by atoms with Crippen molar-refractivity contribution < 1.29 is 49.7 Å². The predicted octanol–water partition coefficient (Wildman–Crippen LogP) is 5.29. The molecule has 0 N–H and O–H groups in total. The molecular weight excluding hydrogens is 633 g/mol. The van der Waals surface area contributed by atoms with Gasteiger partial charge in [-0.3, -0.25) is 0 Å². The van der Waals surface area contributed by atoms with E-state index in [2.05, 4.69) is 36.5 Å². The van der Waals surface area contributed by atoms with Crippen molar-refractivity contribution in [2.45, 2.75) is 51.4 Å². The summed E-state index contributed by atoms with van der Waals surface area (Å²) in [6.45, 7) is 0. The van der Waals surface area contributed by atoms with Crippen molar-refractivity contribution in [2.24, 2.45) is 0 Å². The maximum Gasteiger partial charge on any atom is 0.133 e. The Labute approximate surface area is 162 Å². The molecule has 0 aromatic carbocycles. The molecule has 2 nitrogen and oxygen atoms in total. The largest absolute Gasteiger partial charge is 0.498 e. The van der Waals surface area contributed by atoms with E-state index in [1.165, 1.54) is 25.7 Å². The summed E-state index contributed by atoms with van der Waals surface area (Å²) in [4.78, 5) is 0. The van der Waals surface area contributed by atoms with Gasteiger partial charge in [0.2, 0.25) is 0 Å². The minimum absolute atomic E-state index is 0. The van der Waals surface area contributed by atoms with E-state index in [-0.39, 0.29) is 40.2 Å². The third kappa shape index (κ3) is 11.4. The molecule has 0 bridgehead atoms. The van der Waals surface area contributed by atoms with E-state index in [1.807, 2.05) is 0 Å². The molecule has 22 heavy (non-hydrogen) atoms. The molecule has 0 atom stereocenters. The second kappa shape index (κ2) is 17.2. The van der Waals surface area contributed by atoms with Gasteiger partial charge in [0.15, 0.2) is 0 Å². The number of allylic oxidation sites excluding steroid dienone is 8. The monoisotopic (exact) mass is 662 g/mol. The minimum Gasteiger partial charge on any atom is -0.498 e. The molecule has 0 amide bonds. The van der Waals surface area contributed by atoms with E-state index < -0.39 is 0 Å². The number of hydrogen-bond donors (Lipinski definition) is 0. The van der Waals surface area contributed by atoms with Crippen LogP contribution in [-0.2, 0) is 49.7 Å². The van der Waals surface area contributed by atoms with Crippen LogP contribution in [0.4, 0.5) is 0 Å². The summed E-state index contributed by atoms with van der Waals surface area (Å²) in [7, 11) is 3.42. The normalized spacial score (nSPS) is 25.0. The van der Waals surface area contributed by atoms with Gasteiger partial charge in [0.1, 0.15) is 11.5 Å². The second-order valence-electron chi connectivity index (χ2n) is 4.90. The second-order valence-corrected chi connectivity index (χ2v) is 4.90.